The van der Waals surface area contributed by atoms with Crippen LogP contribution in [0, 0.1) is 21.3 Å². The van der Waals surface area contributed by atoms with Crippen molar-refractivity contribution in [2.24, 2.45) is 24.8 Å². The molecule has 0 saturated carbocycles. The molecule has 1 N–H and O–H groups in total. The second-order valence-electron chi connectivity index (χ2n) is 10.4. The Kier molecular flexibility index (Phi) is 7.49. The Bertz CT molecular complexity index is 1370. The Morgan fingerprint density at radius 1 is 1.03 bits per heavy atom. The Labute approximate surface area is 240 Å². The van der Waals surface area contributed by atoms with E-state index in [0.717, 1.165) is 9.26 Å². The molecule has 5 heterocycles. The Morgan fingerprint density at radius 2 is 1.76 bits per heavy atom. The maximum Gasteiger partial charge on any atom is 0.266 e. The number of carbonyl (C=O) groups excluding carboxylic acids is 1. The van der Waals surface area contributed by atoms with Crippen molar-refractivity contribution < 1.29 is 9.90 Å². The molecule has 200 valence electrons. The number of hydrogen-bond donors (Lipinski definition) is 1. The summed E-state index contributed by atoms with van der Waals surface area (Å²) in [6.07, 6.45) is 3.36. The molecule has 0 bridgehead atoms. The third-order valence-corrected chi connectivity index (χ3v) is 8.84. The molecule has 11 heteroatoms. The average molecular weight is 649 g/mol. The van der Waals surface area contributed by atoms with E-state index in [0.29, 0.717) is 42.7 Å². The summed E-state index contributed by atoms with van der Waals surface area (Å²) in [4.78, 5) is 39.0. The smallest absolute Gasteiger partial charge is 0.266 e. The van der Waals surface area contributed by atoms with Gasteiger partial charge in [0.1, 0.15) is 11.4 Å². The molecule has 0 spiro atoms. The lowest BCUT2D eigenvalue weighted by Crippen LogP contribution is -2.57. The minimum Gasteiger partial charge on any atom is -0.383 e. The SMILES string of the molecule is C[C@@H]1CN(C(=O)[C@@H]2CN(c3ccc(=O)n(C)n3)C[C@H]2c2ccc(Cl)cn2)C[C@H](C)C1(O)c1ccc(I)cn1. The number of nitrogens with zero attached hydrogens (tertiary/aromatic N) is 6. The van der Waals surface area contributed by atoms with Crippen LogP contribution in [0.2, 0.25) is 5.02 Å². The fourth-order valence-corrected chi connectivity index (χ4v) is 6.27. The summed E-state index contributed by atoms with van der Waals surface area (Å²) in [5.74, 6) is -0.306. The number of anilines is 1. The Balaban J connectivity index is 1.42. The number of hydrogen-bond acceptors (Lipinski definition) is 7. The first kappa shape index (κ1) is 27.0. The predicted octanol–water partition coefficient (Wildman–Crippen LogP) is 3.05. The summed E-state index contributed by atoms with van der Waals surface area (Å²) in [7, 11) is 1.61. The third-order valence-electron chi connectivity index (χ3n) is 7.98. The van der Waals surface area contributed by atoms with Crippen LogP contribution in [0.4, 0.5) is 5.82 Å². The van der Waals surface area contributed by atoms with Gasteiger partial charge in [0.2, 0.25) is 5.91 Å². The van der Waals surface area contributed by atoms with E-state index < -0.39 is 5.60 Å². The number of halogens is 2. The first-order valence-electron chi connectivity index (χ1n) is 12.6. The van der Waals surface area contributed by atoms with E-state index in [1.54, 1.807) is 31.6 Å². The van der Waals surface area contributed by atoms with Crippen molar-refractivity contribution in [3.05, 3.63) is 79.1 Å². The Hall–Kier alpha value is -2.57. The van der Waals surface area contributed by atoms with Gasteiger partial charge < -0.3 is 14.9 Å². The lowest BCUT2D eigenvalue weighted by atomic mass is 9.72. The van der Waals surface area contributed by atoms with Crippen LogP contribution in [-0.4, -0.2) is 61.8 Å². The normalized spacial score (nSPS) is 27.5. The van der Waals surface area contributed by atoms with E-state index in [-0.39, 0.29) is 35.1 Å². The van der Waals surface area contributed by atoms with Gasteiger partial charge in [-0.2, -0.15) is 5.10 Å². The molecule has 5 rings (SSSR count). The zero-order chi connectivity index (χ0) is 27.2. The second kappa shape index (κ2) is 10.5. The van der Waals surface area contributed by atoms with Gasteiger partial charge in [-0.1, -0.05) is 25.4 Å². The van der Waals surface area contributed by atoms with Gasteiger partial charge in [-0.25, -0.2) is 4.68 Å². The molecule has 0 aliphatic carbocycles. The van der Waals surface area contributed by atoms with Crippen LogP contribution in [0.3, 0.4) is 0 Å². The van der Waals surface area contributed by atoms with E-state index >= 15 is 0 Å². The van der Waals surface area contributed by atoms with Crippen molar-refractivity contribution in [1.82, 2.24) is 24.6 Å². The van der Waals surface area contributed by atoms with E-state index in [1.807, 2.05) is 41.8 Å². The van der Waals surface area contributed by atoms with Gasteiger partial charge >= 0.3 is 0 Å². The molecule has 2 aliphatic rings. The van der Waals surface area contributed by atoms with Gasteiger partial charge in [0.25, 0.3) is 5.56 Å². The van der Waals surface area contributed by atoms with Crippen LogP contribution in [0.25, 0.3) is 0 Å². The molecule has 0 radical (unpaired) electrons. The van der Waals surface area contributed by atoms with Gasteiger partial charge in [0.15, 0.2) is 0 Å². The topological polar surface area (TPSA) is 104 Å². The van der Waals surface area contributed by atoms with Gasteiger partial charge in [0, 0.05) is 78.7 Å². The van der Waals surface area contributed by atoms with Crippen LogP contribution in [0.15, 0.2) is 53.6 Å². The maximum atomic E-state index is 14.1. The quantitative estimate of drug-likeness (QED) is 0.434. The van der Waals surface area contributed by atoms with E-state index in [9.17, 15) is 14.7 Å². The van der Waals surface area contributed by atoms with Crippen molar-refractivity contribution in [3.63, 3.8) is 0 Å². The molecule has 1 amide bonds. The molecule has 2 fully saturated rings. The van der Waals surface area contributed by atoms with Crippen LogP contribution in [0.5, 0.6) is 0 Å². The first-order chi connectivity index (χ1) is 18.1. The van der Waals surface area contributed by atoms with Gasteiger partial charge in [-0.15, -0.1) is 0 Å². The van der Waals surface area contributed by atoms with Crippen molar-refractivity contribution in [3.8, 4) is 0 Å². The number of piperidine rings is 1. The van der Waals surface area contributed by atoms with Crippen LogP contribution < -0.4 is 10.5 Å². The molecular weight excluding hydrogens is 619 g/mol. The minimum absolute atomic E-state index is 0.0235. The zero-order valence-corrected chi connectivity index (χ0v) is 24.4. The second-order valence-corrected chi connectivity index (χ2v) is 12.1. The Morgan fingerprint density at radius 3 is 2.37 bits per heavy atom. The summed E-state index contributed by atoms with van der Waals surface area (Å²) < 4.78 is 2.30. The third kappa shape index (κ3) is 4.93. The fraction of sp³-hybridized carbons (Fsp3) is 0.444. The largest absolute Gasteiger partial charge is 0.383 e. The summed E-state index contributed by atoms with van der Waals surface area (Å²) >= 11 is 8.29. The van der Waals surface area contributed by atoms with Crippen molar-refractivity contribution in [2.45, 2.75) is 25.4 Å². The number of aryl methyl sites for hydroxylation is 1. The summed E-state index contributed by atoms with van der Waals surface area (Å²) in [5, 5.41) is 16.7. The highest BCUT2D eigenvalue weighted by Gasteiger charge is 2.50. The van der Waals surface area contributed by atoms with Crippen molar-refractivity contribution in [2.75, 3.05) is 31.1 Å². The molecule has 9 nitrogen and oxygen atoms in total. The van der Waals surface area contributed by atoms with Crippen LogP contribution >= 0.6 is 34.2 Å². The number of aromatic nitrogens is 4. The predicted molar refractivity (Wildman–Crippen MR) is 153 cm³/mol. The molecule has 0 aromatic carbocycles. The molecular formula is C27H30ClIN6O3. The molecule has 2 aliphatic heterocycles. The maximum absolute atomic E-state index is 14.1. The number of likely N-dealkylation sites (tertiary alicyclic amines) is 1. The standard InChI is InChI=1S/C27H30ClIN6O3/c1-16-12-35(13-17(2)27(16,38)23-7-5-19(29)11-31-23)26(37)21-15-34(24-8-9-25(36)33(3)32-24)14-20(21)22-6-4-18(28)10-30-22/h4-11,16-17,20-21,38H,12-15H2,1-3H3/t16-,17+,20-,21-,27?/m1/s1. The van der Waals surface area contributed by atoms with Gasteiger partial charge in [-0.3, -0.25) is 19.6 Å². The zero-order valence-electron chi connectivity index (χ0n) is 21.5. The number of aliphatic hydroxyl groups is 1. The summed E-state index contributed by atoms with van der Waals surface area (Å²) in [6.45, 7) is 5.77. The highest BCUT2D eigenvalue weighted by atomic mass is 127. The highest BCUT2D eigenvalue weighted by Crippen LogP contribution is 2.42. The minimum atomic E-state index is -1.13. The van der Waals surface area contributed by atoms with Crippen molar-refractivity contribution in [1.29, 1.82) is 0 Å². The van der Waals surface area contributed by atoms with E-state index in [2.05, 4.69) is 37.7 Å². The lowest BCUT2D eigenvalue weighted by Gasteiger charge is -2.48. The van der Waals surface area contributed by atoms with Crippen molar-refractivity contribution >= 4 is 45.9 Å². The lowest BCUT2D eigenvalue weighted by molar-refractivity contribution is -0.153. The number of carbonyl (C=O) groups is 1. The summed E-state index contributed by atoms with van der Waals surface area (Å²) in [5.41, 5.74) is 0.111. The van der Waals surface area contributed by atoms with Crippen LogP contribution in [0.1, 0.15) is 31.2 Å². The molecule has 1 unspecified atom stereocenters. The fourth-order valence-electron chi connectivity index (χ4n) is 5.84. The number of amides is 1. The average Bonchev–Trinajstić information content (AvgIpc) is 3.34. The summed E-state index contributed by atoms with van der Waals surface area (Å²) in [6, 6.07) is 10.7. The molecule has 38 heavy (non-hydrogen) atoms. The molecule has 3 aromatic heterocycles. The van der Waals surface area contributed by atoms with E-state index in [1.165, 1.54) is 10.7 Å². The number of pyridine rings is 2. The number of rotatable bonds is 4. The van der Waals surface area contributed by atoms with Gasteiger partial charge in [0.05, 0.1) is 16.6 Å². The molecule has 5 atom stereocenters. The first-order valence-corrected chi connectivity index (χ1v) is 14.1. The highest BCUT2D eigenvalue weighted by molar-refractivity contribution is 14.1. The van der Waals surface area contributed by atoms with Crippen LogP contribution in [-0.2, 0) is 17.4 Å². The monoisotopic (exact) mass is 648 g/mol. The molecule has 3 aromatic rings. The van der Waals surface area contributed by atoms with E-state index in [4.69, 9.17) is 11.6 Å². The van der Waals surface area contributed by atoms with Gasteiger partial charge in [-0.05, 0) is 52.9 Å². The molecule has 2 saturated heterocycles.